The van der Waals surface area contributed by atoms with E-state index in [0.29, 0.717) is 29.5 Å². The number of likely N-dealkylation sites (tertiary alicyclic amines) is 1. The number of nitrogens with one attached hydrogen (secondary N) is 3. The van der Waals surface area contributed by atoms with E-state index in [-0.39, 0.29) is 29.8 Å². The van der Waals surface area contributed by atoms with Gasteiger partial charge in [-0.2, -0.15) is 0 Å². The van der Waals surface area contributed by atoms with Crippen LogP contribution in [0.25, 0.3) is 21.9 Å². The van der Waals surface area contributed by atoms with Crippen LogP contribution in [0.15, 0.2) is 42.7 Å². The number of aromatic nitrogens is 4. The van der Waals surface area contributed by atoms with Crippen molar-refractivity contribution in [2.24, 2.45) is 5.92 Å². The molecule has 4 heterocycles. The first-order chi connectivity index (χ1) is 20.4. The van der Waals surface area contributed by atoms with Crippen molar-refractivity contribution in [3.63, 3.8) is 0 Å². The molecule has 10 nitrogen and oxygen atoms in total. The number of aromatic amines is 1. The van der Waals surface area contributed by atoms with Crippen molar-refractivity contribution in [2.75, 3.05) is 31.6 Å². The summed E-state index contributed by atoms with van der Waals surface area (Å²) < 4.78 is 8.22. The molecule has 6 rings (SSSR count). The van der Waals surface area contributed by atoms with Gasteiger partial charge in [0.05, 0.1) is 11.7 Å². The van der Waals surface area contributed by atoms with E-state index in [0.717, 1.165) is 61.7 Å². The molecule has 2 amide bonds. The van der Waals surface area contributed by atoms with Crippen LogP contribution in [-0.4, -0.2) is 68.5 Å². The van der Waals surface area contributed by atoms with Gasteiger partial charge in [-0.25, -0.2) is 9.97 Å². The van der Waals surface area contributed by atoms with E-state index >= 15 is 0 Å². The lowest BCUT2D eigenvalue weighted by atomic mass is 9.85. The maximum absolute atomic E-state index is 13.4. The number of ether oxygens (including phenoxy) is 1. The molecule has 2 aliphatic rings. The molecule has 1 aliphatic carbocycles. The molecule has 0 bridgehead atoms. The number of anilines is 1. The van der Waals surface area contributed by atoms with Crippen LogP contribution in [0.2, 0.25) is 0 Å². The Hall–Kier alpha value is -3.92. The number of pyridine rings is 1. The second kappa shape index (κ2) is 12.5. The molecule has 3 aromatic heterocycles. The smallest absolute Gasteiger partial charge is 0.258 e. The maximum Gasteiger partial charge on any atom is 0.258 e. The number of hydrogen-bond acceptors (Lipinski definition) is 6. The second-order valence-corrected chi connectivity index (χ2v) is 12.0. The highest BCUT2D eigenvalue weighted by molar-refractivity contribution is 6.06. The van der Waals surface area contributed by atoms with E-state index < -0.39 is 0 Å². The van der Waals surface area contributed by atoms with Gasteiger partial charge in [0.15, 0.2) is 0 Å². The van der Waals surface area contributed by atoms with E-state index in [4.69, 9.17) is 9.72 Å². The van der Waals surface area contributed by atoms with Crippen LogP contribution in [0.4, 0.5) is 5.95 Å². The predicted molar refractivity (Wildman–Crippen MR) is 164 cm³/mol. The first-order valence-electron chi connectivity index (χ1n) is 15.4. The van der Waals surface area contributed by atoms with Crippen LogP contribution in [-0.2, 0) is 4.79 Å². The van der Waals surface area contributed by atoms with Gasteiger partial charge in [0.2, 0.25) is 17.7 Å². The van der Waals surface area contributed by atoms with Crippen LogP contribution in [0.3, 0.4) is 0 Å². The van der Waals surface area contributed by atoms with Gasteiger partial charge in [0.1, 0.15) is 12.1 Å². The van der Waals surface area contributed by atoms with Crippen molar-refractivity contribution in [3.05, 3.63) is 48.3 Å². The van der Waals surface area contributed by atoms with E-state index in [1.54, 1.807) is 6.20 Å². The van der Waals surface area contributed by atoms with Crippen LogP contribution in [0, 0.1) is 5.92 Å². The number of amides is 2. The number of fused-ring (bicyclic) bond motifs is 2. The Morgan fingerprint density at radius 1 is 1.07 bits per heavy atom. The number of H-pyrrole nitrogens is 1. The molecule has 1 aliphatic heterocycles. The Labute approximate surface area is 246 Å². The summed E-state index contributed by atoms with van der Waals surface area (Å²) in [6, 6.07) is 9.75. The van der Waals surface area contributed by atoms with Crippen molar-refractivity contribution in [1.82, 2.24) is 29.7 Å². The standard InChI is InChI=1S/C32H41N7O3/c1-21(2)35-30(40)23-8-10-25(11-9-23)39-28-19-29(42-17-16-38-14-4-3-5-15-38)34-20-27(28)36-32(39)37-31(41)24-7-6-22-12-13-33-26(22)18-24/h6-7,12-13,18-21,23,25,33H,3-5,8-11,14-17H2,1-2H3,(H,35,40)(H,36,37,41). The molecule has 222 valence electrons. The molecule has 0 unspecified atom stereocenters. The van der Waals surface area contributed by atoms with Crippen molar-refractivity contribution in [2.45, 2.75) is 70.9 Å². The molecule has 1 aromatic carbocycles. The van der Waals surface area contributed by atoms with Gasteiger partial charge >= 0.3 is 0 Å². The lowest BCUT2D eigenvalue weighted by Gasteiger charge is -2.30. The average molecular weight is 572 g/mol. The summed E-state index contributed by atoms with van der Waals surface area (Å²) in [4.78, 5) is 41.1. The van der Waals surface area contributed by atoms with Gasteiger partial charge in [0.25, 0.3) is 5.91 Å². The minimum absolute atomic E-state index is 0.000603. The Kier molecular flexibility index (Phi) is 8.41. The number of imidazole rings is 1. The van der Waals surface area contributed by atoms with Crippen molar-refractivity contribution < 1.29 is 14.3 Å². The number of nitrogens with zero attached hydrogens (tertiary/aromatic N) is 4. The minimum atomic E-state index is -0.223. The zero-order valence-electron chi connectivity index (χ0n) is 24.6. The summed E-state index contributed by atoms with van der Waals surface area (Å²) in [5.41, 5.74) is 3.04. The normalized spacial score (nSPS) is 19.8. The summed E-state index contributed by atoms with van der Waals surface area (Å²) >= 11 is 0. The van der Waals surface area contributed by atoms with E-state index in [1.807, 2.05) is 50.4 Å². The number of benzene rings is 1. The predicted octanol–water partition coefficient (Wildman–Crippen LogP) is 5.29. The Morgan fingerprint density at radius 3 is 2.67 bits per heavy atom. The highest BCUT2D eigenvalue weighted by Crippen LogP contribution is 2.37. The second-order valence-electron chi connectivity index (χ2n) is 12.0. The van der Waals surface area contributed by atoms with Gasteiger partial charge in [-0.1, -0.05) is 12.5 Å². The van der Waals surface area contributed by atoms with Gasteiger partial charge < -0.3 is 19.6 Å². The Morgan fingerprint density at radius 2 is 1.88 bits per heavy atom. The zero-order valence-corrected chi connectivity index (χ0v) is 24.6. The molecule has 1 saturated heterocycles. The van der Waals surface area contributed by atoms with Gasteiger partial charge in [0, 0.05) is 47.9 Å². The summed E-state index contributed by atoms with van der Waals surface area (Å²) in [6.07, 6.45) is 10.6. The van der Waals surface area contributed by atoms with Gasteiger partial charge in [-0.05, 0) is 89.0 Å². The maximum atomic E-state index is 13.4. The quantitative estimate of drug-likeness (QED) is 0.252. The molecule has 4 aromatic rings. The summed E-state index contributed by atoms with van der Waals surface area (Å²) in [6.45, 7) is 7.69. The molecular formula is C32H41N7O3. The zero-order chi connectivity index (χ0) is 29.1. The fourth-order valence-corrected chi connectivity index (χ4v) is 6.34. The van der Waals surface area contributed by atoms with Gasteiger partial charge in [-0.15, -0.1) is 0 Å². The van der Waals surface area contributed by atoms with Crippen molar-refractivity contribution >= 4 is 39.7 Å². The third kappa shape index (κ3) is 6.28. The molecule has 0 atom stereocenters. The van der Waals surface area contributed by atoms with Crippen molar-refractivity contribution in [3.8, 4) is 5.88 Å². The number of rotatable bonds is 9. The third-order valence-corrected chi connectivity index (χ3v) is 8.56. The Bertz CT molecular complexity index is 1540. The third-order valence-electron chi connectivity index (χ3n) is 8.56. The molecule has 3 N–H and O–H groups in total. The first-order valence-corrected chi connectivity index (χ1v) is 15.4. The summed E-state index contributed by atoms with van der Waals surface area (Å²) in [5, 5.41) is 7.20. The molecule has 0 spiro atoms. The molecule has 42 heavy (non-hydrogen) atoms. The molecule has 1 saturated carbocycles. The van der Waals surface area contributed by atoms with Gasteiger partial charge in [-0.3, -0.25) is 19.8 Å². The lowest BCUT2D eigenvalue weighted by Crippen LogP contribution is -2.37. The fraction of sp³-hybridized carbons (Fsp3) is 0.500. The summed E-state index contributed by atoms with van der Waals surface area (Å²) in [7, 11) is 0. The SMILES string of the molecule is CC(C)NC(=O)C1CCC(n2c(NC(=O)c3ccc4cc[nH]c4c3)nc3cnc(OCCN4CCCCC4)cc32)CC1. The average Bonchev–Trinajstić information content (AvgIpc) is 3.61. The lowest BCUT2D eigenvalue weighted by molar-refractivity contribution is -0.126. The summed E-state index contributed by atoms with van der Waals surface area (Å²) in [5.74, 6) is 0.948. The van der Waals surface area contributed by atoms with Crippen LogP contribution in [0.1, 0.15) is 75.2 Å². The topological polar surface area (TPSA) is 117 Å². The number of carbonyl (C=O) groups excluding carboxylic acids is 2. The van der Waals surface area contributed by atoms with Crippen LogP contribution < -0.4 is 15.4 Å². The van der Waals surface area contributed by atoms with Crippen LogP contribution >= 0.6 is 0 Å². The number of carbonyl (C=O) groups is 2. The first kappa shape index (κ1) is 28.2. The highest BCUT2D eigenvalue weighted by atomic mass is 16.5. The molecular weight excluding hydrogens is 530 g/mol. The van der Waals surface area contributed by atoms with Crippen LogP contribution in [0.5, 0.6) is 5.88 Å². The Balaban J connectivity index is 1.24. The number of piperidine rings is 1. The van der Waals surface area contributed by atoms with E-state index in [9.17, 15) is 9.59 Å². The fourth-order valence-electron chi connectivity index (χ4n) is 6.34. The number of hydrogen-bond donors (Lipinski definition) is 3. The van der Waals surface area contributed by atoms with E-state index in [1.165, 1.54) is 19.3 Å². The molecule has 2 fully saturated rings. The van der Waals surface area contributed by atoms with Crippen molar-refractivity contribution in [1.29, 1.82) is 0 Å². The molecule has 0 radical (unpaired) electrons. The minimum Gasteiger partial charge on any atom is -0.476 e. The largest absolute Gasteiger partial charge is 0.476 e. The molecule has 10 heteroatoms. The highest BCUT2D eigenvalue weighted by Gasteiger charge is 2.30. The van der Waals surface area contributed by atoms with E-state index in [2.05, 4.69) is 30.1 Å². The monoisotopic (exact) mass is 571 g/mol.